The molecule has 50 heavy (non-hydrogen) atoms. The van der Waals surface area contributed by atoms with Crippen molar-refractivity contribution in [3.05, 3.63) is 164 Å². The lowest BCUT2D eigenvalue weighted by Gasteiger charge is -2.11. The Morgan fingerprint density at radius 3 is 1.80 bits per heavy atom. The molecule has 0 saturated heterocycles. The van der Waals surface area contributed by atoms with Gasteiger partial charge in [0.05, 0.1) is 5.56 Å². The van der Waals surface area contributed by atoms with Crippen LogP contribution in [0.3, 0.4) is 0 Å². The maximum absolute atomic E-state index is 6.46. The van der Waals surface area contributed by atoms with Gasteiger partial charge >= 0.3 is 0 Å². The number of rotatable bonds is 5. The Hall–Kier alpha value is -6.43. The van der Waals surface area contributed by atoms with Gasteiger partial charge in [-0.1, -0.05) is 133 Å². The Balaban J connectivity index is 1.17. The molecule has 4 nitrogen and oxygen atoms in total. The number of para-hydroxylation sites is 2. The van der Waals surface area contributed by atoms with Gasteiger partial charge in [0.2, 0.25) is 0 Å². The van der Waals surface area contributed by atoms with E-state index in [0.717, 1.165) is 55.1 Å². The van der Waals surface area contributed by atoms with Crippen LogP contribution in [0, 0.1) is 0 Å². The third-order valence-electron chi connectivity index (χ3n) is 9.37. The fourth-order valence-electron chi connectivity index (χ4n) is 6.95. The first kappa shape index (κ1) is 28.6. The van der Waals surface area contributed by atoms with Gasteiger partial charge < -0.3 is 4.42 Å². The van der Waals surface area contributed by atoms with E-state index in [1.807, 2.05) is 30.3 Å². The number of aromatic nitrogens is 3. The van der Waals surface area contributed by atoms with Gasteiger partial charge in [-0.05, 0) is 52.6 Å². The quantitative estimate of drug-likeness (QED) is 0.185. The van der Waals surface area contributed by atoms with Crippen molar-refractivity contribution in [3.8, 4) is 56.4 Å². The lowest BCUT2D eigenvalue weighted by atomic mass is 9.99. The first-order chi connectivity index (χ1) is 24.8. The number of nitrogens with zero attached hydrogens (tertiary/aromatic N) is 3. The first-order valence-electron chi connectivity index (χ1n) is 16.6. The van der Waals surface area contributed by atoms with Gasteiger partial charge in [0.25, 0.3) is 0 Å². The van der Waals surface area contributed by atoms with Crippen LogP contribution in [0.1, 0.15) is 0 Å². The van der Waals surface area contributed by atoms with Gasteiger partial charge in [-0.3, -0.25) is 0 Å². The van der Waals surface area contributed by atoms with Gasteiger partial charge in [-0.25, -0.2) is 15.0 Å². The first-order valence-corrected chi connectivity index (χ1v) is 17.4. The Morgan fingerprint density at radius 2 is 0.940 bits per heavy atom. The van der Waals surface area contributed by atoms with Crippen molar-refractivity contribution >= 4 is 53.4 Å². The summed E-state index contributed by atoms with van der Waals surface area (Å²) in [6, 6.07) is 56.9. The highest BCUT2D eigenvalue weighted by Gasteiger charge is 2.20. The van der Waals surface area contributed by atoms with Crippen LogP contribution in [0.2, 0.25) is 0 Å². The largest absolute Gasteiger partial charge is 0.455 e. The standard InChI is InChI=1S/C45H27N3OS/c1-2-11-28(12-3-1)29-23-25-30(26-24-29)31-13-8-14-32(27-31)43-46-44(36-18-10-22-40-41(36)35-16-5-7-21-39(35)50-40)48-45(47-43)37-19-9-17-34-33-15-4-6-20-38(33)49-42(34)37/h1-27H. The topological polar surface area (TPSA) is 51.8 Å². The molecular weight excluding hydrogens is 631 g/mol. The highest BCUT2D eigenvalue weighted by molar-refractivity contribution is 7.25. The number of hydrogen-bond donors (Lipinski definition) is 0. The van der Waals surface area contributed by atoms with Gasteiger partial charge in [-0.15, -0.1) is 11.3 Å². The van der Waals surface area contributed by atoms with Crippen molar-refractivity contribution in [1.82, 2.24) is 15.0 Å². The molecule has 0 atom stereocenters. The summed E-state index contributed by atoms with van der Waals surface area (Å²) in [5.41, 5.74) is 8.94. The summed E-state index contributed by atoms with van der Waals surface area (Å²) in [4.78, 5) is 15.6. The maximum atomic E-state index is 6.46. The second-order valence-corrected chi connectivity index (χ2v) is 13.5. The zero-order valence-corrected chi connectivity index (χ0v) is 27.6. The van der Waals surface area contributed by atoms with Crippen molar-refractivity contribution in [3.63, 3.8) is 0 Å². The molecule has 0 amide bonds. The second kappa shape index (κ2) is 11.6. The molecule has 0 aliphatic carbocycles. The van der Waals surface area contributed by atoms with Gasteiger partial charge in [0, 0.05) is 42.1 Å². The summed E-state index contributed by atoms with van der Waals surface area (Å²) in [5.74, 6) is 1.81. The van der Waals surface area contributed by atoms with E-state index in [1.165, 1.54) is 25.9 Å². The second-order valence-electron chi connectivity index (χ2n) is 12.4. The fourth-order valence-corrected chi connectivity index (χ4v) is 8.09. The minimum atomic E-state index is 0.573. The predicted molar refractivity (Wildman–Crippen MR) is 207 cm³/mol. The molecular formula is C45H27N3OS. The minimum Gasteiger partial charge on any atom is -0.455 e. The van der Waals surface area contributed by atoms with Crippen molar-refractivity contribution < 1.29 is 4.42 Å². The summed E-state index contributed by atoms with van der Waals surface area (Å²) in [6.45, 7) is 0. The molecule has 0 saturated carbocycles. The van der Waals surface area contributed by atoms with E-state index in [9.17, 15) is 0 Å². The number of benzene rings is 7. The Labute approximate surface area is 292 Å². The van der Waals surface area contributed by atoms with E-state index in [0.29, 0.717) is 17.5 Å². The van der Waals surface area contributed by atoms with Crippen molar-refractivity contribution in [2.45, 2.75) is 0 Å². The molecule has 3 heterocycles. The zero-order chi connectivity index (χ0) is 33.0. The molecule has 0 aliphatic rings. The zero-order valence-electron chi connectivity index (χ0n) is 26.7. The molecule has 0 unspecified atom stereocenters. The third-order valence-corrected chi connectivity index (χ3v) is 10.5. The Kier molecular flexibility index (Phi) is 6.64. The lowest BCUT2D eigenvalue weighted by Crippen LogP contribution is -2.00. The van der Waals surface area contributed by atoms with Gasteiger partial charge in [0.15, 0.2) is 17.5 Å². The number of fused-ring (bicyclic) bond motifs is 6. The summed E-state index contributed by atoms with van der Waals surface area (Å²) in [6.07, 6.45) is 0. The summed E-state index contributed by atoms with van der Waals surface area (Å²) in [7, 11) is 0. The highest BCUT2D eigenvalue weighted by Crippen LogP contribution is 2.41. The maximum Gasteiger partial charge on any atom is 0.167 e. The monoisotopic (exact) mass is 657 g/mol. The van der Waals surface area contributed by atoms with Crippen LogP contribution in [0.5, 0.6) is 0 Å². The molecule has 0 radical (unpaired) electrons. The van der Waals surface area contributed by atoms with Crippen molar-refractivity contribution in [1.29, 1.82) is 0 Å². The fraction of sp³-hybridized carbons (Fsp3) is 0. The Morgan fingerprint density at radius 1 is 0.380 bits per heavy atom. The van der Waals surface area contributed by atoms with Crippen molar-refractivity contribution in [2.24, 2.45) is 0 Å². The van der Waals surface area contributed by atoms with Crippen LogP contribution in [0.25, 0.3) is 98.5 Å². The molecule has 0 fully saturated rings. The third kappa shape index (κ3) is 4.79. The van der Waals surface area contributed by atoms with E-state index in [-0.39, 0.29) is 0 Å². The summed E-state index contributed by atoms with van der Waals surface area (Å²) >= 11 is 1.79. The molecule has 0 spiro atoms. The number of hydrogen-bond acceptors (Lipinski definition) is 5. The minimum absolute atomic E-state index is 0.573. The molecule has 0 aliphatic heterocycles. The average Bonchev–Trinajstić information content (AvgIpc) is 3.77. The van der Waals surface area contributed by atoms with E-state index in [1.54, 1.807) is 11.3 Å². The van der Waals surface area contributed by atoms with Crippen molar-refractivity contribution in [2.75, 3.05) is 0 Å². The number of thiophene rings is 1. The molecule has 0 bridgehead atoms. The van der Waals surface area contributed by atoms with Gasteiger partial charge in [0.1, 0.15) is 11.2 Å². The molecule has 10 aromatic rings. The van der Waals surface area contributed by atoms with Crippen LogP contribution in [0.4, 0.5) is 0 Å². The smallest absolute Gasteiger partial charge is 0.167 e. The van der Waals surface area contributed by atoms with E-state index < -0.39 is 0 Å². The lowest BCUT2D eigenvalue weighted by molar-refractivity contribution is 0.669. The number of furan rings is 1. The van der Waals surface area contributed by atoms with Crippen LogP contribution in [-0.2, 0) is 0 Å². The molecule has 3 aromatic heterocycles. The van der Waals surface area contributed by atoms with Crippen LogP contribution < -0.4 is 0 Å². The Bertz CT molecular complexity index is 2870. The molecule has 5 heteroatoms. The SMILES string of the molecule is c1ccc(-c2ccc(-c3cccc(-c4nc(-c5cccc6c5oc5ccccc56)nc(-c5cccc6sc7ccccc7c56)n4)c3)cc2)cc1. The van der Waals surface area contributed by atoms with E-state index >= 15 is 0 Å². The normalized spacial score (nSPS) is 11.6. The summed E-state index contributed by atoms with van der Waals surface area (Å²) < 4.78 is 8.90. The predicted octanol–water partition coefficient (Wildman–Crippen LogP) is 12.5. The van der Waals surface area contributed by atoms with E-state index in [4.69, 9.17) is 19.4 Å². The van der Waals surface area contributed by atoms with Gasteiger partial charge in [-0.2, -0.15) is 0 Å². The summed E-state index contributed by atoms with van der Waals surface area (Å²) in [5, 5.41) is 4.46. The van der Waals surface area contributed by atoms with Crippen LogP contribution in [-0.4, -0.2) is 15.0 Å². The highest BCUT2D eigenvalue weighted by atomic mass is 32.1. The van der Waals surface area contributed by atoms with E-state index in [2.05, 4.69) is 133 Å². The molecule has 0 N–H and O–H groups in total. The molecule has 10 rings (SSSR count). The molecule has 234 valence electrons. The van der Waals surface area contributed by atoms with Crippen LogP contribution in [0.15, 0.2) is 168 Å². The average molecular weight is 658 g/mol. The molecule has 7 aromatic carbocycles. The van der Waals surface area contributed by atoms with Crippen LogP contribution >= 0.6 is 11.3 Å².